The third-order valence-corrected chi connectivity index (χ3v) is 5.34. The van der Waals surface area contributed by atoms with Crippen LogP contribution in [0, 0.1) is 0 Å². The Hall–Kier alpha value is -4.80. The lowest BCUT2D eigenvalue weighted by molar-refractivity contribution is 0.463. The summed E-state index contributed by atoms with van der Waals surface area (Å²) in [6.45, 7) is 3.98. The summed E-state index contributed by atoms with van der Waals surface area (Å²) in [7, 11) is 3.53. The molecule has 1 aromatic carbocycles. The molecule has 0 fully saturated rings. The van der Waals surface area contributed by atoms with Gasteiger partial charge in [0.2, 0.25) is 17.8 Å². The zero-order valence-corrected chi connectivity index (χ0v) is 20.3. The molecule has 0 aliphatic heterocycles. The van der Waals surface area contributed by atoms with Gasteiger partial charge in [-0.3, -0.25) is 14.0 Å². The van der Waals surface area contributed by atoms with Gasteiger partial charge in [-0.05, 0) is 38.1 Å². The number of nitrogens with zero attached hydrogens (tertiary/aromatic N) is 7. The van der Waals surface area contributed by atoms with Crippen molar-refractivity contribution in [2.75, 3.05) is 10.6 Å². The van der Waals surface area contributed by atoms with E-state index in [4.69, 9.17) is 4.74 Å². The Labute approximate surface area is 206 Å². The topological polar surface area (TPSA) is 125 Å². The van der Waals surface area contributed by atoms with Crippen LogP contribution in [0.3, 0.4) is 0 Å². The number of benzene rings is 1. The number of hydrogen-bond acceptors (Lipinski definition) is 9. The summed E-state index contributed by atoms with van der Waals surface area (Å²) >= 11 is 0. The smallest absolute Gasteiger partial charge is 0.264 e. The Morgan fingerprint density at radius 3 is 2.64 bits per heavy atom. The molecule has 11 heteroatoms. The maximum absolute atomic E-state index is 12.9. The summed E-state index contributed by atoms with van der Waals surface area (Å²) in [5, 5.41) is 11.2. The van der Waals surface area contributed by atoms with Gasteiger partial charge in [0.1, 0.15) is 5.75 Å². The van der Waals surface area contributed by atoms with Gasteiger partial charge < -0.3 is 15.4 Å². The zero-order chi connectivity index (χ0) is 25.2. The van der Waals surface area contributed by atoms with Gasteiger partial charge in [-0.25, -0.2) is 15.0 Å². The summed E-state index contributed by atoms with van der Waals surface area (Å²) in [5.74, 6) is 1.91. The van der Waals surface area contributed by atoms with Crippen LogP contribution in [0.4, 0.5) is 17.6 Å². The first-order valence-electron chi connectivity index (χ1n) is 11.4. The van der Waals surface area contributed by atoms with Gasteiger partial charge in [0.05, 0.1) is 28.7 Å². The first kappa shape index (κ1) is 23.0. The molecule has 0 spiro atoms. The van der Waals surface area contributed by atoms with Crippen molar-refractivity contribution in [1.29, 1.82) is 0 Å². The van der Waals surface area contributed by atoms with Crippen molar-refractivity contribution in [3.05, 3.63) is 71.5 Å². The molecule has 11 nitrogen and oxygen atoms in total. The number of ether oxygens (including phenoxy) is 1. The van der Waals surface area contributed by atoms with E-state index in [1.807, 2.05) is 45.3 Å². The first-order valence-corrected chi connectivity index (χ1v) is 11.4. The molecule has 0 bridgehead atoms. The SMILES string of the molecule is CC(C)Nc1ncc(-c2ccc3cc(Oc4ccnc(Nc5cnn(C)c5)n4)ccc3n2)c(=O)n1C. The molecule has 36 heavy (non-hydrogen) atoms. The van der Waals surface area contributed by atoms with Crippen molar-refractivity contribution in [2.24, 2.45) is 14.1 Å². The molecule has 4 heterocycles. The molecule has 0 unspecified atom stereocenters. The summed E-state index contributed by atoms with van der Waals surface area (Å²) in [6.07, 6.45) is 6.69. The number of fused-ring (bicyclic) bond motifs is 1. The lowest BCUT2D eigenvalue weighted by atomic mass is 10.1. The summed E-state index contributed by atoms with van der Waals surface area (Å²) in [6, 6.07) is 11.1. The monoisotopic (exact) mass is 483 g/mol. The van der Waals surface area contributed by atoms with Crippen LogP contribution in [-0.4, -0.2) is 40.3 Å². The number of pyridine rings is 1. The molecule has 4 aromatic heterocycles. The van der Waals surface area contributed by atoms with Gasteiger partial charge in [-0.2, -0.15) is 10.1 Å². The normalized spacial score (nSPS) is 11.1. The van der Waals surface area contributed by atoms with Crippen LogP contribution in [0.1, 0.15) is 13.8 Å². The molecule has 5 rings (SSSR count). The molecule has 0 amide bonds. The minimum atomic E-state index is -0.167. The highest BCUT2D eigenvalue weighted by molar-refractivity contribution is 5.82. The standard InChI is InChI=1S/C25H25N9O2/c1-15(2)29-25-27-13-19(23(35)34(25)4)21-7-5-16-11-18(6-8-20(16)31-21)36-22-9-10-26-24(32-22)30-17-12-28-33(3)14-17/h5-15H,1-4H3,(H,27,29)(H,26,30,32). The molecule has 0 atom stereocenters. The zero-order valence-electron chi connectivity index (χ0n) is 20.3. The summed E-state index contributed by atoms with van der Waals surface area (Å²) in [4.78, 5) is 30.6. The van der Waals surface area contributed by atoms with Crippen molar-refractivity contribution < 1.29 is 4.74 Å². The van der Waals surface area contributed by atoms with E-state index in [1.165, 1.54) is 4.57 Å². The van der Waals surface area contributed by atoms with Crippen molar-refractivity contribution >= 4 is 28.5 Å². The highest BCUT2D eigenvalue weighted by atomic mass is 16.5. The van der Waals surface area contributed by atoms with Crippen LogP contribution in [-0.2, 0) is 14.1 Å². The number of hydrogen-bond donors (Lipinski definition) is 2. The molecule has 0 aliphatic rings. The Morgan fingerprint density at radius 2 is 1.86 bits per heavy atom. The minimum absolute atomic E-state index is 0.163. The summed E-state index contributed by atoms with van der Waals surface area (Å²) in [5.41, 5.74) is 2.33. The van der Waals surface area contributed by atoms with E-state index in [2.05, 4.69) is 35.7 Å². The maximum atomic E-state index is 12.9. The summed E-state index contributed by atoms with van der Waals surface area (Å²) < 4.78 is 9.14. The Balaban J connectivity index is 1.37. The van der Waals surface area contributed by atoms with Crippen LogP contribution >= 0.6 is 0 Å². The molecule has 0 saturated heterocycles. The first-order chi connectivity index (χ1) is 17.4. The minimum Gasteiger partial charge on any atom is -0.439 e. The van der Waals surface area contributed by atoms with E-state index in [0.29, 0.717) is 34.8 Å². The third-order valence-electron chi connectivity index (χ3n) is 5.34. The van der Waals surface area contributed by atoms with Crippen molar-refractivity contribution in [3.8, 4) is 22.9 Å². The largest absolute Gasteiger partial charge is 0.439 e. The van der Waals surface area contributed by atoms with Crippen molar-refractivity contribution in [2.45, 2.75) is 19.9 Å². The van der Waals surface area contributed by atoms with Crippen LogP contribution in [0.15, 0.2) is 66.0 Å². The van der Waals surface area contributed by atoms with E-state index < -0.39 is 0 Å². The second-order valence-corrected chi connectivity index (χ2v) is 8.56. The predicted molar refractivity (Wildman–Crippen MR) is 138 cm³/mol. The number of anilines is 3. The number of nitrogens with one attached hydrogen (secondary N) is 2. The molecule has 182 valence electrons. The quantitative estimate of drug-likeness (QED) is 0.355. The molecular formula is C25H25N9O2. The van der Waals surface area contributed by atoms with E-state index in [9.17, 15) is 4.79 Å². The van der Waals surface area contributed by atoms with Crippen LogP contribution in [0.5, 0.6) is 11.6 Å². The highest BCUT2D eigenvalue weighted by Crippen LogP contribution is 2.26. The molecule has 0 aliphatic carbocycles. The van der Waals surface area contributed by atoms with Crippen molar-refractivity contribution in [3.63, 3.8) is 0 Å². The number of aryl methyl sites for hydroxylation is 1. The Morgan fingerprint density at radius 1 is 1.00 bits per heavy atom. The van der Waals surface area contributed by atoms with Gasteiger partial charge in [0, 0.05) is 50.2 Å². The molecule has 0 radical (unpaired) electrons. The van der Waals surface area contributed by atoms with Crippen LogP contribution < -0.4 is 20.9 Å². The number of rotatable bonds is 7. The fraction of sp³-hybridized carbons (Fsp3) is 0.200. The van der Waals surface area contributed by atoms with Gasteiger partial charge in [-0.15, -0.1) is 0 Å². The molecule has 5 aromatic rings. The third kappa shape index (κ3) is 4.85. The Kier molecular flexibility index (Phi) is 6.03. The van der Waals surface area contributed by atoms with Gasteiger partial charge >= 0.3 is 0 Å². The van der Waals surface area contributed by atoms with Gasteiger partial charge in [0.25, 0.3) is 5.56 Å². The van der Waals surface area contributed by atoms with Crippen LogP contribution in [0.25, 0.3) is 22.2 Å². The van der Waals surface area contributed by atoms with E-state index >= 15 is 0 Å². The second kappa shape index (κ2) is 9.45. The molecule has 0 saturated carbocycles. The van der Waals surface area contributed by atoms with E-state index in [0.717, 1.165) is 16.6 Å². The average molecular weight is 484 g/mol. The van der Waals surface area contributed by atoms with Crippen molar-refractivity contribution in [1.82, 2.24) is 34.3 Å². The maximum Gasteiger partial charge on any atom is 0.264 e. The molecule has 2 N–H and O–H groups in total. The van der Waals surface area contributed by atoms with E-state index in [-0.39, 0.29) is 11.6 Å². The fourth-order valence-corrected chi connectivity index (χ4v) is 3.62. The van der Waals surface area contributed by atoms with Crippen LogP contribution in [0.2, 0.25) is 0 Å². The van der Waals surface area contributed by atoms with Gasteiger partial charge in [0.15, 0.2) is 0 Å². The van der Waals surface area contributed by atoms with Gasteiger partial charge in [-0.1, -0.05) is 6.07 Å². The highest BCUT2D eigenvalue weighted by Gasteiger charge is 2.12. The lowest BCUT2D eigenvalue weighted by Gasteiger charge is -2.13. The van der Waals surface area contributed by atoms with E-state index in [1.54, 1.807) is 48.5 Å². The Bertz CT molecular complexity index is 1610. The predicted octanol–water partition coefficient (Wildman–Crippen LogP) is 3.88. The lowest BCUT2D eigenvalue weighted by Crippen LogP contribution is -2.25. The molecular weight excluding hydrogens is 458 g/mol. The fourth-order valence-electron chi connectivity index (χ4n) is 3.62. The number of aromatic nitrogens is 7. The second-order valence-electron chi connectivity index (χ2n) is 8.56. The average Bonchev–Trinajstić information content (AvgIpc) is 3.26.